The largest absolute Gasteiger partial charge is 0.373 e. The van der Waals surface area contributed by atoms with Crippen molar-refractivity contribution < 1.29 is 18.3 Å². The van der Waals surface area contributed by atoms with Gasteiger partial charge in [0.15, 0.2) is 0 Å². The van der Waals surface area contributed by atoms with E-state index in [1.165, 1.54) is 18.2 Å². The van der Waals surface area contributed by atoms with Gasteiger partial charge in [-0.3, -0.25) is 9.69 Å². The molecule has 1 amide bonds. The molecule has 0 spiro atoms. The summed E-state index contributed by atoms with van der Waals surface area (Å²) < 4.78 is 34.1. The van der Waals surface area contributed by atoms with Gasteiger partial charge in [-0.15, -0.1) is 0 Å². The summed E-state index contributed by atoms with van der Waals surface area (Å²) in [6.45, 7) is 8.39. The van der Waals surface area contributed by atoms with Crippen LogP contribution in [0.4, 0.5) is 8.78 Å². The summed E-state index contributed by atoms with van der Waals surface area (Å²) in [6, 6.07) is 3.19. The van der Waals surface area contributed by atoms with Crippen molar-refractivity contribution in [3.63, 3.8) is 0 Å². The van der Waals surface area contributed by atoms with Gasteiger partial charge in [0.2, 0.25) is 5.91 Å². The standard InChI is InChI=1S/C17H22F2N2O2/c1-4-16(22)20-8-15(17-13(18)6-5-7-14(17)19)21-9-11(2)23-12(3)10-21/h4-7,11-12,15H,1,8-10H2,2-3H3,(H,20,22)/t11-,12-,15+/m0/s1. The molecule has 1 saturated heterocycles. The highest BCUT2D eigenvalue weighted by molar-refractivity contribution is 5.86. The van der Waals surface area contributed by atoms with Crippen molar-refractivity contribution in [1.82, 2.24) is 10.2 Å². The minimum Gasteiger partial charge on any atom is -0.373 e. The van der Waals surface area contributed by atoms with Crippen LogP contribution >= 0.6 is 0 Å². The van der Waals surface area contributed by atoms with Gasteiger partial charge >= 0.3 is 0 Å². The molecule has 1 N–H and O–H groups in total. The number of nitrogens with zero attached hydrogens (tertiary/aromatic N) is 1. The number of amides is 1. The Labute approximate surface area is 135 Å². The van der Waals surface area contributed by atoms with Crippen LogP contribution in [-0.4, -0.2) is 42.6 Å². The minimum atomic E-state index is -0.616. The molecular formula is C17H22F2N2O2. The third-order valence-corrected chi connectivity index (χ3v) is 3.88. The molecule has 0 aliphatic carbocycles. The summed E-state index contributed by atoms with van der Waals surface area (Å²) in [4.78, 5) is 13.4. The molecule has 1 aromatic carbocycles. The predicted molar refractivity (Wildman–Crippen MR) is 83.9 cm³/mol. The number of carbonyl (C=O) groups excluding carboxylic acids is 1. The summed E-state index contributed by atoms with van der Waals surface area (Å²) in [5, 5.41) is 2.64. The van der Waals surface area contributed by atoms with Gasteiger partial charge < -0.3 is 10.1 Å². The zero-order valence-corrected chi connectivity index (χ0v) is 13.4. The number of benzene rings is 1. The highest BCUT2D eigenvalue weighted by Crippen LogP contribution is 2.28. The molecule has 0 radical (unpaired) electrons. The van der Waals surface area contributed by atoms with Crippen LogP contribution in [0.5, 0.6) is 0 Å². The molecule has 1 heterocycles. The first-order valence-corrected chi connectivity index (χ1v) is 7.66. The Balaban J connectivity index is 2.31. The second-order valence-corrected chi connectivity index (χ2v) is 5.81. The Kier molecular flexibility index (Phi) is 5.85. The second-order valence-electron chi connectivity index (χ2n) is 5.81. The number of morpholine rings is 1. The van der Waals surface area contributed by atoms with Crippen molar-refractivity contribution in [3.8, 4) is 0 Å². The smallest absolute Gasteiger partial charge is 0.243 e. The van der Waals surface area contributed by atoms with Crippen LogP contribution in [0.2, 0.25) is 0 Å². The molecule has 0 bridgehead atoms. The Morgan fingerprint density at radius 1 is 1.39 bits per heavy atom. The lowest BCUT2D eigenvalue weighted by molar-refractivity contribution is -0.117. The van der Waals surface area contributed by atoms with Crippen LogP contribution in [0, 0.1) is 11.6 Å². The fourth-order valence-electron chi connectivity index (χ4n) is 2.98. The van der Waals surface area contributed by atoms with Crippen molar-refractivity contribution >= 4 is 5.91 Å². The van der Waals surface area contributed by atoms with E-state index >= 15 is 0 Å². The summed E-state index contributed by atoms with van der Waals surface area (Å²) in [5.74, 6) is -1.61. The molecule has 6 heteroatoms. The van der Waals surface area contributed by atoms with E-state index in [1.807, 2.05) is 18.7 Å². The number of rotatable bonds is 5. The zero-order valence-electron chi connectivity index (χ0n) is 13.4. The van der Waals surface area contributed by atoms with Gasteiger partial charge in [-0.05, 0) is 32.1 Å². The zero-order chi connectivity index (χ0) is 17.0. The normalized spacial score (nSPS) is 23.3. The van der Waals surface area contributed by atoms with E-state index < -0.39 is 17.7 Å². The maximum absolute atomic E-state index is 14.2. The van der Waals surface area contributed by atoms with Gasteiger partial charge in [0.05, 0.1) is 18.2 Å². The van der Waals surface area contributed by atoms with Crippen molar-refractivity contribution in [3.05, 3.63) is 48.1 Å². The number of hydrogen-bond acceptors (Lipinski definition) is 3. The van der Waals surface area contributed by atoms with Crippen LogP contribution < -0.4 is 5.32 Å². The van der Waals surface area contributed by atoms with Crippen LogP contribution in [-0.2, 0) is 9.53 Å². The molecule has 23 heavy (non-hydrogen) atoms. The Morgan fingerprint density at radius 3 is 2.48 bits per heavy atom. The first kappa shape index (κ1) is 17.6. The lowest BCUT2D eigenvalue weighted by Gasteiger charge is -2.40. The quantitative estimate of drug-likeness (QED) is 0.846. The van der Waals surface area contributed by atoms with E-state index in [-0.39, 0.29) is 30.2 Å². The molecular weight excluding hydrogens is 302 g/mol. The molecule has 2 rings (SSSR count). The maximum Gasteiger partial charge on any atom is 0.243 e. The Morgan fingerprint density at radius 2 is 1.96 bits per heavy atom. The summed E-state index contributed by atoms with van der Waals surface area (Å²) >= 11 is 0. The van der Waals surface area contributed by atoms with Crippen LogP contribution in [0.25, 0.3) is 0 Å². The summed E-state index contributed by atoms with van der Waals surface area (Å²) in [7, 11) is 0. The van der Waals surface area contributed by atoms with E-state index in [9.17, 15) is 13.6 Å². The molecule has 0 unspecified atom stereocenters. The fraction of sp³-hybridized carbons (Fsp3) is 0.471. The van der Waals surface area contributed by atoms with Gasteiger partial charge in [-0.1, -0.05) is 12.6 Å². The van der Waals surface area contributed by atoms with Gasteiger partial charge in [0, 0.05) is 25.2 Å². The Hall–Kier alpha value is -1.79. The lowest BCUT2D eigenvalue weighted by atomic mass is 10.0. The molecule has 1 fully saturated rings. The molecule has 4 nitrogen and oxygen atoms in total. The topological polar surface area (TPSA) is 41.6 Å². The third-order valence-electron chi connectivity index (χ3n) is 3.88. The highest BCUT2D eigenvalue weighted by Gasteiger charge is 2.32. The average molecular weight is 324 g/mol. The van der Waals surface area contributed by atoms with E-state index in [4.69, 9.17) is 4.74 Å². The van der Waals surface area contributed by atoms with Crippen LogP contribution in [0.3, 0.4) is 0 Å². The fourth-order valence-corrected chi connectivity index (χ4v) is 2.98. The molecule has 1 aliphatic heterocycles. The molecule has 1 aliphatic rings. The van der Waals surface area contributed by atoms with Crippen LogP contribution in [0.1, 0.15) is 25.5 Å². The minimum absolute atomic E-state index is 0.0295. The number of hydrogen-bond donors (Lipinski definition) is 1. The van der Waals surface area contributed by atoms with Gasteiger partial charge in [0.25, 0.3) is 0 Å². The van der Waals surface area contributed by atoms with Crippen molar-refractivity contribution in [1.29, 1.82) is 0 Å². The summed E-state index contributed by atoms with van der Waals surface area (Å²) in [5.41, 5.74) is -0.0295. The number of halogens is 2. The van der Waals surface area contributed by atoms with Crippen molar-refractivity contribution in [2.24, 2.45) is 0 Å². The second kappa shape index (κ2) is 7.66. The molecule has 1 aromatic rings. The number of ether oxygens (including phenoxy) is 1. The highest BCUT2D eigenvalue weighted by atomic mass is 19.1. The predicted octanol–water partition coefficient (Wildman–Crippen LogP) is 2.42. The van der Waals surface area contributed by atoms with E-state index in [1.54, 1.807) is 0 Å². The lowest BCUT2D eigenvalue weighted by Crippen LogP contribution is -2.49. The first-order valence-electron chi connectivity index (χ1n) is 7.66. The van der Waals surface area contributed by atoms with Gasteiger partial charge in [-0.25, -0.2) is 8.78 Å². The Bertz CT molecular complexity index is 549. The van der Waals surface area contributed by atoms with E-state index in [0.29, 0.717) is 13.1 Å². The molecule has 0 aromatic heterocycles. The van der Waals surface area contributed by atoms with Crippen LogP contribution in [0.15, 0.2) is 30.9 Å². The first-order chi connectivity index (χ1) is 10.9. The summed E-state index contributed by atoms with van der Waals surface area (Å²) in [6.07, 6.45) is 1.04. The average Bonchev–Trinajstić information content (AvgIpc) is 2.48. The molecule has 126 valence electrons. The number of nitrogens with one attached hydrogen (secondary N) is 1. The monoisotopic (exact) mass is 324 g/mol. The molecule has 3 atom stereocenters. The number of carbonyl (C=O) groups is 1. The van der Waals surface area contributed by atoms with E-state index in [2.05, 4.69) is 11.9 Å². The van der Waals surface area contributed by atoms with E-state index in [0.717, 1.165) is 6.08 Å². The van der Waals surface area contributed by atoms with Crippen molar-refractivity contribution in [2.45, 2.75) is 32.1 Å². The van der Waals surface area contributed by atoms with Gasteiger partial charge in [-0.2, -0.15) is 0 Å². The van der Waals surface area contributed by atoms with Crippen molar-refractivity contribution in [2.75, 3.05) is 19.6 Å². The maximum atomic E-state index is 14.2. The third kappa shape index (κ3) is 4.36. The van der Waals surface area contributed by atoms with Gasteiger partial charge in [0.1, 0.15) is 11.6 Å². The molecule has 0 saturated carbocycles. The SMILES string of the molecule is C=CC(=O)NC[C@H](c1c(F)cccc1F)N1C[C@H](C)O[C@@H](C)C1.